The summed E-state index contributed by atoms with van der Waals surface area (Å²) in [5.74, 6) is -3.96. The van der Waals surface area contributed by atoms with Crippen molar-refractivity contribution in [3.63, 3.8) is 0 Å². The van der Waals surface area contributed by atoms with Gasteiger partial charge in [-0.2, -0.15) is 0 Å². The van der Waals surface area contributed by atoms with Crippen molar-refractivity contribution in [1.82, 2.24) is 0 Å². The summed E-state index contributed by atoms with van der Waals surface area (Å²) in [5, 5.41) is 29.6. The van der Waals surface area contributed by atoms with Crippen LogP contribution in [-0.4, -0.2) is 21.3 Å². The number of phenolic OH excluding ortho intramolecular Hbond substituents is 1. The van der Waals surface area contributed by atoms with E-state index in [4.69, 9.17) is 0 Å². The Morgan fingerprint density at radius 3 is 1.50 bits per heavy atom. The molecule has 0 amide bonds. The van der Waals surface area contributed by atoms with E-state index in [1.165, 1.54) is 38.5 Å². The molecule has 1 rings (SSSR count). The van der Waals surface area contributed by atoms with Gasteiger partial charge in [0, 0.05) is 0 Å². The van der Waals surface area contributed by atoms with Crippen LogP contribution in [0.2, 0.25) is 0 Å². The fraction of sp³-hybridized carbons (Fsp3) is 0.720. The number of rotatable bonds is 17. The van der Waals surface area contributed by atoms with Crippen LogP contribution in [0.5, 0.6) is 11.5 Å². The number of halogens is 1. The number of benzene rings is 1. The quantitative estimate of drug-likeness (QED) is 0.178. The number of carboxylic acid groups (broad SMARTS) is 1. The van der Waals surface area contributed by atoms with E-state index in [0.717, 1.165) is 51.4 Å². The van der Waals surface area contributed by atoms with E-state index in [1.54, 1.807) is 0 Å². The van der Waals surface area contributed by atoms with Gasteiger partial charge in [-0.1, -0.05) is 90.9 Å². The second-order valence-corrected chi connectivity index (χ2v) is 8.39. The molecule has 0 atom stereocenters. The SMILES string of the molecule is CCCCCCCCCc1c(F)c(O)c(O)c(C(=O)O)c1CCCCCCCCC. The fourth-order valence-electron chi connectivity index (χ4n) is 4.08. The number of aromatic carboxylic acids is 1. The molecule has 5 heteroatoms. The minimum Gasteiger partial charge on any atom is -0.504 e. The Bertz CT molecular complexity index is 643. The topological polar surface area (TPSA) is 77.8 Å². The van der Waals surface area contributed by atoms with Crippen LogP contribution in [0.1, 0.15) is 125 Å². The van der Waals surface area contributed by atoms with E-state index in [2.05, 4.69) is 13.8 Å². The highest BCUT2D eigenvalue weighted by atomic mass is 19.1. The van der Waals surface area contributed by atoms with Gasteiger partial charge in [0.1, 0.15) is 5.56 Å². The van der Waals surface area contributed by atoms with Crippen molar-refractivity contribution >= 4 is 5.97 Å². The molecule has 0 saturated heterocycles. The lowest BCUT2D eigenvalue weighted by Crippen LogP contribution is -2.10. The third-order valence-corrected chi connectivity index (χ3v) is 5.87. The number of hydrogen-bond donors (Lipinski definition) is 3. The van der Waals surface area contributed by atoms with E-state index in [9.17, 15) is 24.5 Å². The molecule has 0 saturated carbocycles. The molecular formula is C25H41FO4. The van der Waals surface area contributed by atoms with E-state index >= 15 is 0 Å². The van der Waals surface area contributed by atoms with Crippen LogP contribution in [-0.2, 0) is 12.8 Å². The second kappa shape index (κ2) is 15.1. The molecule has 30 heavy (non-hydrogen) atoms. The zero-order valence-electron chi connectivity index (χ0n) is 18.9. The predicted molar refractivity (Wildman–Crippen MR) is 120 cm³/mol. The largest absolute Gasteiger partial charge is 0.504 e. The van der Waals surface area contributed by atoms with Crippen molar-refractivity contribution in [2.24, 2.45) is 0 Å². The molecular weight excluding hydrogens is 383 g/mol. The van der Waals surface area contributed by atoms with Gasteiger partial charge in [-0.05, 0) is 36.8 Å². The Morgan fingerprint density at radius 2 is 1.07 bits per heavy atom. The van der Waals surface area contributed by atoms with Gasteiger partial charge >= 0.3 is 5.97 Å². The molecule has 0 aliphatic rings. The molecule has 0 aromatic heterocycles. The normalized spacial score (nSPS) is 11.2. The zero-order chi connectivity index (χ0) is 22.4. The molecule has 0 fully saturated rings. The summed E-state index contributed by atoms with van der Waals surface area (Å²) in [5.41, 5.74) is 0.287. The first-order chi connectivity index (χ1) is 14.5. The molecule has 0 unspecified atom stereocenters. The second-order valence-electron chi connectivity index (χ2n) is 8.39. The molecule has 0 heterocycles. The molecule has 172 valence electrons. The maximum atomic E-state index is 14.8. The van der Waals surface area contributed by atoms with Crippen LogP contribution in [0.3, 0.4) is 0 Å². The van der Waals surface area contributed by atoms with E-state index in [0.29, 0.717) is 18.4 Å². The van der Waals surface area contributed by atoms with Crippen LogP contribution in [0.4, 0.5) is 4.39 Å². The molecule has 0 bridgehead atoms. The molecule has 0 radical (unpaired) electrons. The summed E-state index contributed by atoms with van der Waals surface area (Å²) in [4.78, 5) is 11.7. The summed E-state index contributed by atoms with van der Waals surface area (Å²) < 4.78 is 14.8. The molecule has 0 aliphatic carbocycles. The molecule has 1 aromatic carbocycles. The lowest BCUT2D eigenvalue weighted by Gasteiger charge is -2.17. The molecule has 4 nitrogen and oxygen atoms in total. The van der Waals surface area contributed by atoms with Crippen molar-refractivity contribution in [2.75, 3.05) is 0 Å². The standard InChI is InChI=1S/C25H41FO4/c1-3-5-7-9-11-13-15-17-19-20(18-16-14-12-10-8-6-4-2)22(26)24(28)23(27)21(19)25(29)30/h27-28H,3-18H2,1-2H3,(H,29,30). The van der Waals surface area contributed by atoms with E-state index in [1.807, 2.05) is 0 Å². The summed E-state index contributed by atoms with van der Waals surface area (Å²) in [6.07, 6.45) is 15.9. The predicted octanol–water partition coefficient (Wildman–Crippen LogP) is 7.52. The number of unbranched alkanes of at least 4 members (excludes halogenated alkanes) is 12. The van der Waals surface area contributed by atoms with Crippen molar-refractivity contribution in [3.8, 4) is 11.5 Å². The Balaban J connectivity index is 2.81. The van der Waals surface area contributed by atoms with Crippen molar-refractivity contribution in [1.29, 1.82) is 0 Å². The highest BCUT2D eigenvalue weighted by molar-refractivity contribution is 5.94. The number of aromatic hydroxyl groups is 2. The van der Waals surface area contributed by atoms with Gasteiger partial charge in [0.15, 0.2) is 17.3 Å². The van der Waals surface area contributed by atoms with Gasteiger partial charge in [-0.15, -0.1) is 0 Å². The minimum absolute atomic E-state index is 0.266. The average molecular weight is 425 g/mol. The van der Waals surface area contributed by atoms with Crippen LogP contribution < -0.4 is 0 Å². The van der Waals surface area contributed by atoms with E-state index in [-0.39, 0.29) is 11.1 Å². The Labute approximate surface area is 181 Å². The van der Waals surface area contributed by atoms with Crippen LogP contribution in [0, 0.1) is 5.82 Å². The van der Waals surface area contributed by atoms with Crippen molar-refractivity contribution < 1.29 is 24.5 Å². The lowest BCUT2D eigenvalue weighted by molar-refractivity contribution is 0.0691. The van der Waals surface area contributed by atoms with Crippen LogP contribution in [0.15, 0.2) is 0 Å². The zero-order valence-corrected chi connectivity index (χ0v) is 18.9. The minimum atomic E-state index is -1.32. The van der Waals surface area contributed by atoms with Crippen LogP contribution in [0.25, 0.3) is 0 Å². The number of carboxylic acids is 1. The van der Waals surface area contributed by atoms with Gasteiger partial charge in [0.2, 0.25) is 0 Å². The van der Waals surface area contributed by atoms with Crippen molar-refractivity contribution in [3.05, 3.63) is 22.5 Å². The van der Waals surface area contributed by atoms with E-state index < -0.39 is 23.3 Å². The van der Waals surface area contributed by atoms with Crippen LogP contribution >= 0.6 is 0 Å². The first-order valence-electron chi connectivity index (χ1n) is 11.9. The smallest absolute Gasteiger partial charge is 0.339 e. The Hall–Kier alpha value is -1.78. The molecule has 1 aromatic rings. The highest BCUT2D eigenvalue weighted by Gasteiger charge is 2.27. The molecule has 3 N–H and O–H groups in total. The first-order valence-corrected chi connectivity index (χ1v) is 11.9. The number of phenols is 2. The summed E-state index contributed by atoms with van der Waals surface area (Å²) >= 11 is 0. The third-order valence-electron chi connectivity index (χ3n) is 5.87. The highest BCUT2D eigenvalue weighted by Crippen LogP contribution is 2.39. The Kier molecular flexibility index (Phi) is 13.2. The number of carbonyl (C=O) groups is 1. The van der Waals surface area contributed by atoms with Crippen molar-refractivity contribution in [2.45, 2.75) is 117 Å². The van der Waals surface area contributed by atoms with Gasteiger partial charge in [0.05, 0.1) is 0 Å². The maximum absolute atomic E-state index is 14.8. The molecule has 0 aliphatic heterocycles. The number of hydrogen-bond acceptors (Lipinski definition) is 3. The van der Waals surface area contributed by atoms with Gasteiger partial charge in [-0.25, -0.2) is 9.18 Å². The fourth-order valence-corrected chi connectivity index (χ4v) is 4.08. The molecule has 0 spiro atoms. The van der Waals surface area contributed by atoms with Gasteiger partial charge < -0.3 is 15.3 Å². The summed E-state index contributed by atoms with van der Waals surface area (Å²) in [7, 11) is 0. The Morgan fingerprint density at radius 1 is 0.667 bits per heavy atom. The first kappa shape index (κ1) is 26.3. The van der Waals surface area contributed by atoms with Gasteiger partial charge in [-0.3, -0.25) is 0 Å². The summed E-state index contributed by atoms with van der Waals surface area (Å²) in [6.45, 7) is 4.35. The third kappa shape index (κ3) is 8.53. The summed E-state index contributed by atoms with van der Waals surface area (Å²) in [6, 6.07) is 0. The lowest BCUT2D eigenvalue weighted by atomic mass is 9.90. The van der Waals surface area contributed by atoms with Gasteiger partial charge in [0.25, 0.3) is 0 Å². The average Bonchev–Trinajstić information content (AvgIpc) is 2.72. The maximum Gasteiger partial charge on any atom is 0.339 e. The monoisotopic (exact) mass is 424 g/mol.